The van der Waals surface area contributed by atoms with E-state index in [1.165, 1.54) is 6.07 Å². The number of thioether (sulfide) groups is 1. The van der Waals surface area contributed by atoms with Gasteiger partial charge in [-0.3, -0.25) is 9.79 Å². The molecule has 0 aliphatic carbocycles. The number of carbonyl (C=O) groups excluding carboxylic acids is 1. The van der Waals surface area contributed by atoms with Crippen LogP contribution in [0.3, 0.4) is 0 Å². The number of hydrogen-bond donors (Lipinski definition) is 0. The molecule has 0 spiro atoms. The highest BCUT2D eigenvalue weighted by atomic mass is 32.2. The molecular formula is C19H20N2O3S. The van der Waals surface area contributed by atoms with Crippen LogP contribution >= 0.6 is 11.8 Å². The first-order valence-electron chi connectivity index (χ1n) is 8.34. The van der Waals surface area contributed by atoms with Crippen LogP contribution in [0.4, 0.5) is 0 Å². The van der Waals surface area contributed by atoms with Crippen molar-refractivity contribution in [1.82, 2.24) is 4.57 Å². The Kier molecular flexibility index (Phi) is 5.71. The Morgan fingerprint density at radius 3 is 2.76 bits per heavy atom. The van der Waals surface area contributed by atoms with Gasteiger partial charge in [0.05, 0.1) is 16.3 Å². The maximum atomic E-state index is 12.3. The number of rotatable bonds is 6. The molecular weight excluding hydrogens is 336 g/mol. The fourth-order valence-corrected chi connectivity index (χ4v) is 3.59. The second kappa shape index (κ2) is 8.16. The van der Waals surface area contributed by atoms with E-state index in [2.05, 4.69) is 4.99 Å². The van der Waals surface area contributed by atoms with Crippen LogP contribution in [0.15, 0.2) is 52.4 Å². The quantitative estimate of drug-likeness (QED) is 0.746. The molecule has 5 nitrogen and oxygen atoms in total. The van der Waals surface area contributed by atoms with E-state index >= 15 is 0 Å². The highest BCUT2D eigenvalue weighted by Crippen LogP contribution is 2.19. The van der Waals surface area contributed by atoms with E-state index in [4.69, 9.17) is 4.74 Å². The van der Waals surface area contributed by atoms with Crippen molar-refractivity contribution in [3.8, 4) is 5.75 Å². The number of esters is 1. The van der Waals surface area contributed by atoms with Gasteiger partial charge in [-0.15, -0.1) is 11.8 Å². The molecule has 0 fully saturated rings. The smallest absolute Gasteiger partial charge is 0.343 e. The molecule has 0 N–H and O–H groups in total. The van der Waals surface area contributed by atoms with Gasteiger partial charge in [-0.1, -0.05) is 25.1 Å². The monoisotopic (exact) mass is 356 g/mol. The molecule has 0 unspecified atom stereocenters. The van der Waals surface area contributed by atoms with Crippen molar-refractivity contribution < 1.29 is 9.53 Å². The summed E-state index contributed by atoms with van der Waals surface area (Å²) < 4.78 is 7.44. The molecule has 0 saturated heterocycles. The lowest BCUT2D eigenvalue weighted by molar-refractivity contribution is 0.0730. The molecule has 0 radical (unpaired) electrons. The van der Waals surface area contributed by atoms with E-state index in [-0.39, 0.29) is 11.2 Å². The standard InChI is InChI=1S/C19H20N2O3S/c1-2-15-18(24-19(23)14-6-4-3-5-7-14)16(22)8-11-21(15)12-9-17-20-10-13-25-17/h3-8,11H,2,9-10,12-13H2,1H3. The molecule has 0 atom stereocenters. The minimum absolute atomic E-state index is 0.125. The number of aliphatic imine (C=N–C) groups is 1. The van der Waals surface area contributed by atoms with Crippen LogP contribution < -0.4 is 10.2 Å². The lowest BCUT2D eigenvalue weighted by Crippen LogP contribution is -2.20. The molecule has 1 aromatic heterocycles. The Balaban J connectivity index is 1.83. The molecule has 2 aromatic rings. The van der Waals surface area contributed by atoms with E-state index < -0.39 is 5.97 Å². The van der Waals surface area contributed by atoms with Gasteiger partial charge in [0.2, 0.25) is 5.43 Å². The number of pyridine rings is 1. The number of aromatic nitrogens is 1. The molecule has 1 aliphatic rings. The zero-order valence-electron chi connectivity index (χ0n) is 14.1. The highest BCUT2D eigenvalue weighted by Gasteiger charge is 2.17. The van der Waals surface area contributed by atoms with Crippen LogP contribution in [-0.4, -0.2) is 27.9 Å². The van der Waals surface area contributed by atoms with Gasteiger partial charge in [-0.2, -0.15) is 0 Å². The van der Waals surface area contributed by atoms with Gasteiger partial charge >= 0.3 is 5.97 Å². The fourth-order valence-electron chi connectivity index (χ4n) is 2.75. The SMILES string of the molecule is CCc1c(OC(=O)c2ccccc2)c(=O)ccn1CCC1=NCCS1. The van der Waals surface area contributed by atoms with Crippen molar-refractivity contribution >= 4 is 22.8 Å². The number of hydrogen-bond acceptors (Lipinski definition) is 5. The summed E-state index contributed by atoms with van der Waals surface area (Å²) in [4.78, 5) is 29.0. The lowest BCUT2D eigenvalue weighted by Gasteiger charge is -2.16. The van der Waals surface area contributed by atoms with Crippen molar-refractivity contribution in [3.05, 3.63) is 64.1 Å². The Bertz CT molecular complexity index is 843. The molecule has 0 saturated carbocycles. The van der Waals surface area contributed by atoms with Gasteiger partial charge in [-0.05, 0) is 18.6 Å². The van der Waals surface area contributed by atoms with Crippen molar-refractivity contribution in [2.75, 3.05) is 12.3 Å². The summed E-state index contributed by atoms with van der Waals surface area (Å²) in [5.74, 6) is 0.654. The average molecular weight is 356 g/mol. The van der Waals surface area contributed by atoms with Gasteiger partial charge < -0.3 is 9.30 Å². The van der Waals surface area contributed by atoms with Crippen molar-refractivity contribution in [3.63, 3.8) is 0 Å². The zero-order chi connectivity index (χ0) is 17.6. The summed E-state index contributed by atoms with van der Waals surface area (Å²) in [7, 11) is 0. The van der Waals surface area contributed by atoms with Gasteiger partial charge in [0.25, 0.3) is 0 Å². The molecule has 1 aliphatic heterocycles. The number of nitrogens with zero attached hydrogens (tertiary/aromatic N) is 2. The van der Waals surface area contributed by atoms with Crippen LogP contribution in [0.1, 0.15) is 29.4 Å². The Hall–Kier alpha value is -2.34. The van der Waals surface area contributed by atoms with E-state index in [0.29, 0.717) is 18.5 Å². The summed E-state index contributed by atoms with van der Waals surface area (Å²) in [6, 6.07) is 10.2. The summed E-state index contributed by atoms with van der Waals surface area (Å²) in [5.41, 5.74) is 0.890. The van der Waals surface area contributed by atoms with Gasteiger partial charge in [0.1, 0.15) is 0 Å². The number of ether oxygens (including phenoxy) is 1. The predicted molar refractivity (Wildman–Crippen MR) is 101 cm³/mol. The third kappa shape index (κ3) is 4.20. The molecule has 0 amide bonds. The zero-order valence-corrected chi connectivity index (χ0v) is 14.9. The van der Waals surface area contributed by atoms with Crippen LogP contribution in [0.25, 0.3) is 0 Å². The maximum absolute atomic E-state index is 12.3. The Labute approximate surface area is 150 Å². The first-order valence-corrected chi connectivity index (χ1v) is 9.33. The molecule has 3 rings (SSSR count). The second-order valence-electron chi connectivity index (χ2n) is 5.63. The molecule has 130 valence electrons. The normalized spacial score (nSPS) is 13.6. The lowest BCUT2D eigenvalue weighted by atomic mass is 10.2. The summed E-state index contributed by atoms with van der Waals surface area (Å²) in [6.45, 7) is 3.54. The number of carbonyl (C=O) groups is 1. The largest absolute Gasteiger partial charge is 0.417 e. The van der Waals surface area contributed by atoms with Crippen LogP contribution in [0, 0.1) is 0 Å². The molecule has 1 aromatic carbocycles. The Morgan fingerprint density at radius 1 is 1.28 bits per heavy atom. The van der Waals surface area contributed by atoms with Crippen molar-refractivity contribution in [2.45, 2.75) is 26.3 Å². The minimum atomic E-state index is -0.513. The van der Waals surface area contributed by atoms with E-state index in [1.807, 2.05) is 17.6 Å². The van der Waals surface area contributed by atoms with Crippen LogP contribution in [-0.2, 0) is 13.0 Å². The summed E-state index contributed by atoms with van der Waals surface area (Å²) in [6.07, 6.45) is 3.20. The molecule has 6 heteroatoms. The molecule has 2 heterocycles. The highest BCUT2D eigenvalue weighted by molar-refractivity contribution is 8.14. The summed E-state index contributed by atoms with van der Waals surface area (Å²) in [5, 5.41) is 1.14. The van der Waals surface area contributed by atoms with Crippen molar-refractivity contribution in [2.24, 2.45) is 4.99 Å². The molecule has 0 bridgehead atoms. The second-order valence-corrected chi connectivity index (χ2v) is 6.80. The van der Waals surface area contributed by atoms with E-state index in [1.54, 1.807) is 42.2 Å². The third-order valence-corrected chi connectivity index (χ3v) is 5.05. The van der Waals surface area contributed by atoms with Gasteiger partial charge in [0, 0.05) is 37.5 Å². The number of benzene rings is 1. The predicted octanol–water partition coefficient (Wildman–Crippen LogP) is 3.17. The Morgan fingerprint density at radius 2 is 2.08 bits per heavy atom. The average Bonchev–Trinajstić information content (AvgIpc) is 3.16. The topological polar surface area (TPSA) is 60.7 Å². The van der Waals surface area contributed by atoms with Crippen LogP contribution in [0.2, 0.25) is 0 Å². The first-order chi connectivity index (χ1) is 12.2. The number of aryl methyl sites for hydroxylation is 1. The molecule has 25 heavy (non-hydrogen) atoms. The van der Waals surface area contributed by atoms with E-state index in [0.717, 1.165) is 29.5 Å². The third-order valence-electron chi connectivity index (χ3n) is 3.99. The van der Waals surface area contributed by atoms with Crippen LogP contribution in [0.5, 0.6) is 5.75 Å². The first kappa shape index (κ1) is 17.5. The summed E-state index contributed by atoms with van der Waals surface area (Å²) >= 11 is 1.78. The van der Waals surface area contributed by atoms with Gasteiger partial charge in [-0.25, -0.2) is 4.79 Å². The minimum Gasteiger partial charge on any atom is -0.417 e. The maximum Gasteiger partial charge on any atom is 0.343 e. The fraction of sp³-hybridized carbons (Fsp3) is 0.316. The van der Waals surface area contributed by atoms with Gasteiger partial charge in [0.15, 0.2) is 5.75 Å². The van der Waals surface area contributed by atoms with Crippen molar-refractivity contribution in [1.29, 1.82) is 0 Å². The van der Waals surface area contributed by atoms with E-state index in [9.17, 15) is 9.59 Å².